The molecule has 0 N–H and O–H groups in total. The van der Waals surface area contributed by atoms with E-state index in [-0.39, 0.29) is 0 Å². The number of rotatable bonds is 0. The molecule has 3 aliphatic rings. The monoisotopic (exact) mass is 204 g/mol. The van der Waals surface area contributed by atoms with Gasteiger partial charge in [-0.2, -0.15) is 0 Å². The molecule has 0 spiro atoms. The van der Waals surface area contributed by atoms with Crippen LogP contribution >= 0.6 is 0 Å². The molecule has 0 aromatic carbocycles. The smallest absolute Gasteiger partial charge is 0.0166 e. The van der Waals surface area contributed by atoms with Gasteiger partial charge in [-0.05, 0) is 61.2 Å². The second kappa shape index (κ2) is 2.70. The predicted molar refractivity (Wildman–Crippen MR) is 64.6 cm³/mol. The molecule has 0 aliphatic heterocycles. The summed E-state index contributed by atoms with van der Waals surface area (Å²) in [5, 5.41) is 0. The zero-order valence-corrected chi connectivity index (χ0v) is 10.6. The van der Waals surface area contributed by atoms with E-state index >= 15 is 0 Å². The Morgan fingerprint density at radius 2 is 2.00 bits per heavy atom. The van der Waals surface area contributed by atoms with Crippen LogP contribution in [0.1, 0.15) is 53.4 Å². The van der Waals surface area contributed by atoms with Crippen molar-refractivity contribution < 1.29 is 0 Å². The molecule has 0 aromatic heterocycles. The van der Waals surface area contributed by atoms with Crippen molar-refractivity contribution in [2.24, 2.45) is 28.6 Å². The first kappa shape index (κ1) is 9.93. The highest BCUT2D eigenvalue weighted by Crippen LogP contribution is 2.69. The standard InChI is InChI=1S/C15H24/c1-10-5-6-13-12(10)9-11-7-8-15(13,4)14(11,2)3/h5,11-13H,6-9H2,1-4H3. The van der Waals surface area contributed by atoms with Gasteiger partial charge in [0, 0.05) is 0 Å². The van der Waals surface area contributed by atoms with E-state index in [1.54, 1.807) is 5.57 Å². The number of fused-ring (bicyclic) bond motifs is 4. The molecule has 2 saturated carbocycles. The lowest BCUT2D eigenvalue weighted by Gasteiger charge is -2.53. The van der Waals surface area contributed by atoms with Crippen molar-refractivity contribution in [1.82, 2.24) is 0 Å². The van der Waals surface area contributed by atoms with E-state index in [0.717, 1.165) is 17.8 Å². The van der Waals surface area contributed by atoms with E-state index in [0.29, 0.717) is 10.8 Å². The summed E-state index contributed by atoms with van der Waals surface area (Å²) in [6, 6.07) is 0. The molecule has 15 heavy (non-hydrogen) atoms. The fraction of sp³-hybridized carbons (Fsp3) is 0.867. The van der Waals surface area contributed by atoms with Gasteiger partial charge in [0.2, 0.25) is 0 Å². The highest BCUT2D eigenvalue weighted by Gasteiger charge is 2.61. The summed E-state index contributed by atoms with van der Waals surface area (Å²) in [6.07, 6.45) is 8.34. The molecule has 2 fully saturated rings. The minimum Gasteiger partial charge on any atom is -0.0850 e. The maximum Gasteiger partial charge on any atom is -0.0166 e. The van der Waals surface area contributed by atoms with Gasteiger partial charge in [0.05, 0.1) is 0 Å². The van der Waals surface area contributed by atoms with E-state index in [1.165, 1.54) is 25.7 Å². The largest absolute Gasteiger partial charge is 0.0850 e. The molecule has 3 aliphatic carbocycles. The molecule has 4 unspecified atom stereocenters. The third kappa shape index (κ3) is 0.990. The summed E-state index contributed by atoms with van der Waals surface area (Å²) in [5.74, 6) is 2.90. The molecule has 0 aromatic rings. The van der Waals surface area contributed by atoms with Crippen molar-refractivity contribution in [1.29, 1.82) is 0 Å². The van der Waals surface area contributed by atoms with Crippen LogP contribution in [0.25, 0.3) is 0 Å². The van der Waals surface area contributed by atoms with Gasteiger partial charge in [0.1, 0.15) is 0 Å². The number of allylic oxidation sites excluding steroid dienone is 2. The average Bonchev–Trinajstić information content (AvgIpc) is 2.55. The lowest BCUT2D eigenvalue weighted by atomic mass is 9.51. The lowest BCUT2D eigenvalue weighted by Crippen LogP contribution is -2.46. The topological polar surface area (TPSA) is 0 Å². The van der Waals surface area contributed by atoms with Gasteiger partial charge in [0.15, 0.2) is 0 Å². The Morgan fingerprint density at radius 3 is 2.73 bits per heavy atom. The molecule has 4 atom stereocenters. The first-order chi connectivity index (χ1) is 6.97. The zero-order chi connectivity index (χ0) is 10.8. The Bertz CT molecular complexity index is 323. The van der Waals surface area contributed by atoms with Crippen LogP contribution in [0.5, 0.6) is 0 Å². The van der Waals surface area contributed by atoms with Crippen molar-refractivity contribution in [3.8, 4) is 0 Å². The Hall–Kier alpha value is -0.260. The van der Waals surface area contributed by atoms with Gasteiger partial charge < -0.3 is 0 Å². The second-order valence-corrected chi connectivity index (χ2v) is 7.01. The molecule has 0 nitrogen and oxygen atoms in total. The van der Waals surface area contributed by atoms with Crippen LogP contribution in [0.2, 0.25) is 0 Å². The van der Waals surface area contributed by atoms with Crippen molar-refractivity contribution in [3.63, 3.8) is 0 Å². The molecule has 0 radical (unpaired) electrons. The number of hydrogen-bond acceptors (Lipinski definition) is 0. The average molecular weight is 204 g/mol. The van der Waals surface area contributed by atoms with Crippen molar-refractivity contribution in [2.75, 3.05) is 0 Å². The normalized spacial score (nSPS) is 51.5. The van der Waals surface area contributed by atoms with E-state index in [1.807, 2.05) is 0 Å². The van der Waals surface area contributed by atoms with Crippen LogP contribution in [0.4, 0.5) is 0 Å². The molecule has 3 rings (SSSR count). The third-order valence-corrected chi connectivity index (χ3v) is 6.63. The van der Waals surface area contributed by atoms with Crippen molar-refractivity contribution in [3.05, 3.63) is 11.6 Å². The highest BCUT2D eigenvalue weighted by atomic mass is 14.7. The van der Waals surface area contributed by atoms with Gasteiger partial charge >= 0.3 is 0 Å². The van der Waals surface area contributed by atoms with Crippen LogP contribution in [-0.4, -0.2) is 0 Å². The summed E-state index contributed by atoms with van der Waals surface area (Å²) in [6.45, 7) is 10.0. The quantitative estimate of drug-likeness (QED) is 0.513. The van der Waals surface area contributed by atoms with Gasteiger partial charge in [-0.15, -0.1) is 0 Å². The summed E-state index contributed by atoms with van der Waals surface area (Å²) in [5.41, 5.74) is 2.91. The van der Waals surface area contributed by atoms with Crippen LogP contribution in [0, 0.1) is 28.6 Å². The zero-order valence-electron chi connectivity index (χ0n) is 10.6. The molecule has 0 heteroatoms. The molecule has 0 amide bonds. The van der Waals surface area contributed by atoms with Crippen LogP contribution in [0.3, 0.4) is 0 Å². The van der Waals surface area contributed by atoms with Gasteiger partial charge in [-0.3, -0.25) is 0 Å². The third-order valence-electron chi connectivity index (χ3n) is 6.63. The Balaban J connectivity index is 2.04. The minimum atomic E-state index is 0.590. The first-order valence-corrected chi connectivity index (χ1v) is 6.63. The Labute approximate surface area is 94.1 Å². The fourth-order valence-electron chi connectivity index (χ4n) is 5.01. The van der Waals surface area contributed by atoms with E-state index in [2.05, 4.69) is 33.8 Å². The molecule has 84 valence electrons. The minimum absolute atomic E-state index is 0.590. The molecule has 2 bridgehead atoms. The van der Waals surface area contributed by atoms with Crippen LogP contribution < -0.4 is 0 Å². The van der Waals surface area contributed by atoms with Gasteiger partial charge in [0.25, 0.3) is 0 Å². The predicted octanol–water partition coefficient (Wildman–Crippen LogP) is 4.42. The first-order valence-electron chi connectivity index (χ1n) is 6.63. The maximum absolute atomic E-state index is 2.58. The maximum atomic E-state index is 2.58. The van der Waals surface area contributed by atoms with E-state index < -0.39 is 0 Å². The van der Waals surface area contributed by atoms with Crippen LogP contribution in [-0.2, 0) is 0 Å². The second-order valence-electron chi connectivity index (χ2n) is 7.01. The fourth-order valence-corrected chi connectivity index (χ4v) is 5.01. The SMILES string of the molecule is CC1=CCC2C1CC1CCC2(C)C1(C)C. The van der Waals surface area contributed by atoms with Crippen LogP contribution in [0.15, 0.2) is 11.6 Å². The van der Waals surface area contributed by atoms with Crippen molar-refractivity contribution in [2.45, 2.75) is 53.4 Å². The van der Waals surface area contributed by atoms with Gasteiger partial charge in [-0.25, -0.2) is 0 Å². The number of hydrogen-bond donors (Lipinski definition) is 0. The molecule has 0 saturated heterocycles. The van der Waals surface area contributed by atoms with Crippen molar-refractivity contribution >= 4 is 0 Å². The van der Waals surface area contributed by atoms with E-state index in [4.69, 9.17) is 0 Å². The molecular weight excluding hydrogens is 180 g/mol. The summed E-state index contributed by atoms with van der Waals surface area (Å²) in [4.78, 5) is 0. The molecule has 0 heterocycles. The molecular formula is C15H24. The highest BCUT2D eigenvalue weighted by molar-refractivity contribution is 5.22. The summed E-state index contributed by atoms with van der Waals surface area (Å²) >= 11 is 0. The summed E-state index contributed by atoms with van der Waals surface area (Å²) < 4.78 is 0. The van der Waals surface area contributed by atoms with E-state index in [9.17, 15) is 0 Å². The van der Waals surface area contributed by atoms with Gasteiger partial charge in [-0.1, -0.05) is 32.4 Å². The Morgan fingerprint density at radius 1 is 1.27 bits per heavy atom. The Kier molecular flexibility index (Phi) is 1.79. The lowest BCUT2D eigenvalue weighted by molar-refractivity contribution is -0.0371. The summed E-state index contributed by atoms with van der Waals surface area (Å²) in [7, 11) is 0.